The maximum absolute atomic E-state index is 13.0. The molecule has 0 aliphatic heterocycles. The monoisotopic (exact) mass is 378 g/mol. The molecule has 0 aromatic heterocycles. The second kappa shape index (κ2) is 8.91. The lowest BCUT2D eigenvalue weighted by Gasteiger charge is -2.21. The Hall–Kier alpha value is -2.25. The van der Waals surface area contributed by atoms with Crippen LogP contribution in [0.2, 0.25) is 0 Å². The Morgan fingerprint density at radius 3 is 2.31 bits per heavy atom. The van der Waals surface area contributed by atoms with Gasteiger partial charge in [0.1, 0.15) is 5.82 Å². The smallest absolute Gasteiger partial charge is 0.221 e. The van der Waals surface area contributed by atoms with Gasteiger partial charge in [-0.2, -0.15) is 4.31 Å². The minimum Gasteiger partial charge on any atom is -0.350 e. The highest BCUT2D eigenvalue weighted by atomic mass is 32.2. The number of hydrogen-bond acceptors (Lipinski definition) is 3. The highest BCUT2D eigenvalue weighted by Gasteiger charge is 2.19. The van der Waals surface area contributed by atoms with Gasteiger partial charge in [-0.05, 0) is 30.2 Å². The van der Waals surface area contributed by atoms with Gasteiger partial charge in [-0.3, -0.25) is 4.79 Å². The van der Waals surface area contributed by atoms with Gasteiger partial charge in [-0.15, -0.1) is 0 Å². The number of halogens is 1. The van der Waals surface area contributed by atoms with E-state index in [1.165, 1.54) is 28.6 Å². The molecule has 1 amide bonds. The van der Waals surface area contributed by atoms with Crippen molar-refractivity contribution >= 4 is 15.9 Å². The van der Waals surface area contributed by atoms with Crippen LogP contribution in [-0.4, -0.2) is 31.4 Å². The number of amides is 1. The molecule has 2 aromatic carbocycles. The molecule has 1 unspecified atom stereocenters. The zero-order valence-corrected chi connectivity index (χ0v) is 15.7. The largest absolute Gasteiger partial charge is 0.350 e. The number of nitrogens with zero attached hydrogens (tertiary/aromatic N) is 1. The number of sulfonamides is 1. The molecular formula is C19H23FN2O3S. The predicted molar refractivity (Wildman–Crippen MR) is 99.3 cm³/mol. The Morgan fingerprint density at radius 2 is 1.73 bits per heavy atom. The van der Waals surface area contributed by atoms with E-state index in [4.69, 9.17) is 0 Å². The van der Waals surface area contributed by atoms with E-state index in [1.54, 1.807) is 0 Å². The summed E-state index contributed by atoms with van der Waals surface area (Å²) in [5, 5.41) is 2.86. The Morgan fingerprint density at radius 1 is 1.12 bits per heavy atom. The molecule has 2 aromatic rings. The van der Waals surface area contributed by atoms with Crippen molar-refractivity contribution in [2.45, 2.75) is 25.9 Å². The third kappa shape index (κ3) is 6.24. The quantitative estimate of drug-likeness (QED) is 0.768. The first-order valence-electron chi connectivity index (χ1n) is 8.29. The van der Waals surface area contributed by atoms with Crippen LogP contribution in [0.3, 0.4) is 0 Å². The molecule has 0 aliphatic carbocycles. The van der Waals surface area contributed by atoms with Gasteiger partial charge >= 0.3 is 0 Å². The molecule has 0 aliphatic rings. The third-order valence-corrected chi connectivity index (χ3v) is 5.26. The van der Waals surface area contributed by atoms with Gasteiger partial charge in [0, 0.05) is 19.5 Å². The molecular weight excluding hydrogens is 355 g/mol. The average Bonchev–Trinajstić information content (AvgIpc) is 2.60. The molecule has 1 N–H and O–H groups in total. The summed E-state index contributed by atoms with van der Waals surface area (Å²) < 4.78 is 38.2. The molecule has 5 nitrogen and oxygen atoms in total. The van der Waals surface area contributed by atoms with E-state index in [1.807, 2.05) is 37.3 Å². The van der Waals surface area contributed by atoms with Gasteiger partial charge in [0.15, 0.2) is 0 Å². The Bertz CT molecular complexity index is 824. The number of rotatable bonds is 8. The fourth-order valence-corrected chi connectivity index (χ4v) is 3.33. The second-order valence-electron chi connectivity index (χ2n) is 6.17. The van der Waals surface area contributed by atoms with Crippen molar-refractivity contribution in [1.82, 2.24) is 9.62 Å². The average molecular weight is 378 g/mol. The summed E-state index contributed by atoms with van der Waals surface area (Å²) >= 11 is 0. The molecule has 140 valence electrons. The van der Waals surface area contributed by atoms with Crippen molar-refractivity contribution < 1.29 is 17.6 Å². The van der Waals surface area contributed by atoms with Crippen LogP contribution in [0.25, 0.3) is 0 Å². The van der Waals surface area contributed by atoms with Crippen molar-refractivity contribution in [3.63, 3.8) is 0 Å². The number of nitrogens with one attached hydrogen (secondary N) is 1. The van der Waals surface area contributed by atoms with Crippen molar-refractivity contribution in [3.8, 4) is 0 Å². The minimum absolute atomic E-state index is 0.0471. The van der Waals surface area contributed by atoms with E-state index in [9.17, 15) is 17.6 Å². The predicted octanol–water partition coefficient (Wildman–Crippen LogP) is 2.85. The molecule has 0 spiro atoms. The summed E-state index contributed by atoms with van der Waals surface area (Å²) in [5.41, 5.74) is 1.64. The van der Waals surface area contributed by atoms with Gasteiger partial charge in [0.2, 0.25) is 15.9 Å². The molecule has 0 saturated carbocycles. The summed E-state index contributed by atoms with van der Waals surface area (Å²) in [7, 11) is -3.49. The molecule has 1 atom stereocenters. The summed E-state index contributed by atoms with van der Waals surface area (Å²) in [6, 6.07) is 15.0. The number of hydrogen-bond donors (Lipinski definition) is 1. The Kier molecular flexibility index (Phi) is 6.88. The summed E-state index contributed by atoms with van der Waals surface area (Å²) in [4.78, 5) is 12.2. The molecule has 0 radical (unpaired) electrons. The van der Waals surface area contributed by atoms with Crippen molar-refractivity contribution in [1.29, 1.82) is 0 Å². The number of carbonyl (C=O) groups is 1. The highest BCUT2D eigenvalue weighted by Crippen LogP contribution is 2.13. The van der Waals surface area contributed by atoms with Crippen molar-refractivity contribution in [2.75, 3.05) is 12.8 Å². The normalized spacial score (nSPS) is 12.8. The first kappa shape index (κ1) is 20.1. The fourth-order valence-electron chi connectivity index (χ4n) is 2.52. The van der Waals surface area contributed by atoms with Gasteiger partial charge in [0.05, 0.1) is 12.3 Å². The zero-order valence-electron chi connectivity index (χ0n) is 14.9. The van der Waals surface area contributed by atoms with Crippen LogP contribution < -0.4 is 5.32 Å². The highest BCUT2D eigenvalue weighted by molar-refractivity contribution is 7.88. The maximum atomic E-state index is 13.0. The summed E-state index contributed by atoms with van der Waals surface area (Å²) in [6.45, 7) is 2.03. The van der Waals surface area contributed by atoms with E-state index >= 15 is 0 Å². The van der Waals surface area contributed by atoms with Crippen LogP contribution >= 0.6 is 0 Å². The zero-order chi connectivity index (χ0) is 19.2. The maximum Gasteiger partial charge on any atom is 0.221 e. The van der Waals surface area contributed by atoms with Crippen LogP contribution in [0.15, 0.2) is 54.6 Å². The van der Waals surface area contributed by atoms with E-state index in [0.717, 1.165) is 11.8 Å². The SMILES string of the molecule is CC(NC(=O)CCN(Cc1ccc(F)cc1)S(C)(=O)=O)c1ccccc1. The van der Waals surface area contributed by atoms with Gasteiger partial charge in [-0.25, -0.2) is 12.8 Å². The standard InChI is InChI=1S/C19H23FN2O3S/c1-15(17-6-4-3-5-7-17)21-19(23)12-13-22(26(2,24)25)14-16-8-10-18(20)11-9-16/h3-11,15H,12-14H2,1-2H3,(H,21,23). The van der Waals surface area contributed by atoms with Gasteiger partial charge in [-0.1, -0.05) is 42.5 Å². The van der Waals surface area contributed by atoms with Crippen molar-refractivity contribution in [2.24, 2.45) is 0 Å². The molecule has 0 bridgehead atoms. The van der Waals surface area contributed by atoms with Crippen LogP contribution in [0.5, 0.6) is 0 Å². The van der Waals surface area contributed by atoms with Crippen LogP contribution in [0, 0.1) is 5.82 Å². The molecule has 2 rings (SSSR count). The summed E-state index contributed by atoms with van der Waals surface area (Å²) in [5.74, 6) is -0.608. The van der Waals surface area contributed by atoms with Crippen LogP contribution in [-0.2, 0) is 21.4 Å². The van der Waals surface area contributed by atoms with E-state index in [0.29, 0.717) is 5.56 Å². The Balaban J connectivity index is 1.94. The third-order valence-electron chi connectivity index (χ3n) is 4.01. The first-order valence-corrected chi connectivity index (χ1v) is 10.1. The Labute approximate surface area is 153 Å². The van der Waals surface area contributed by atoms with Crippen LogP contribution in [0.4, 0.5) is 4.39 Å². The lowest BCUT2D eigenvalue weighted by Crippen LogP contribution is -2.35. The van der Waals surface area contributed by atoms with Gasteiger partial charge < -0.3 is 5.32 Å². The molecule has 7 heteroatoms. The summed E-state index contributed by atoms with van der Waals surface area (Å²) in [6.07, 6.45) is 1.15. The first-order chi connectivity index (χ1) is 12.3. The number of carbonyl (C=O) groups excluding carboxylic acids is 1. The molecule has 26 heavy (non-hydrogen) atoms. The minimum atomic E-state index is -3.49. The van der Waals surface area contributed by atoms with E-state index in [2.05, 4.69) is 5.32 Å². The lowest BCUT2D eigenvalue weighted by molar-refractivity contribution is -0.121. The lowest BCUT2D eigenvalue weighted by atomic mass is 10.1. The molecule has 0 saturated heterocycles. The van der Waals surface area contributed by atoms with Gasteiger partial charge in [0.25, 0.3) is 0 Å². The molecule has 0 heterocycles. The topological polar surface area (TPSA) is 66.5 Å². The molecule has 0 fully saturated rings. The second-order valence-corrected chi connectivity index (χ2v) is 8.16. The van der Waals surface area contributed by atoms with E-state index < -0.39 is 10.0 Å². The van der Waals surface area contributed by atoms with E-state index in [-0.39, 0.29) is 37.3 Å². The number of benzene rings is 2. The fraction of sp³-hybridized carbons (Fsp3) is 0.316. The van der Waals surface area contributed by atoms with Crippen LogP contribution in [0.1, 0.15) is 30.5 Å². The van der Waals surface area contributed by atoms with Crippen molar-refractivity contribution in [3.05, 3.63) is 71.5 Å².